The summed E-state index contributed by atoms with van der Waals surface area (Å²) >= 11 is 0. The Bertz CT molecular complexity index is 861. The highest BCUT2D eigenvalue weighted by molar-refractivity contribution is 6.39. The smallest absolute Gasteiger partial charge is 0.314 e. The molecule has 1 atom stereocenters. The lowest BCUT2D eigenvalue weighted by Crippen LogP contribution is -2.43. The lowest BCUT2D eigenvalue weighted by Gasteiger charge is -2.35. The van der Waals surface area contributed by atoms with Gasteiger partial charge in [-0.3, -0.25) is 19.8 Å². The fourth-order valence-electron chi connectivity index (χ4n) is 4.20. The number of nitrogens with zero attached hydrogens (tertiary/aromatic N) is 3. The normalized spacial score (nSPS) is 17.6. The molecular formula is C21H27N5O3. The second-order valence-corrected chi connectivity index (χ2v) is 7.72. The molecule has 1 aromatic heterocycles. The molecule has 0 aliphatic carbocycles. The van der Waals surface area contributed by atoms with Crippen LogP contribution < -0.4 is 15.5 Å². The van der Waals surface area contributed by atoms with Crippen molar-refractivity contribution < 1.29 is 14.1 Å². The van der Waals surface area contributed by atoms with E-state index in [1.54, 1.807) is 0 Å². The summed E-state index contributed by atoms with van der Waals surface area (Å²) in [5.74, 6) is -1.19. The molecule has 2 aliphatic rings. The Labute approximate surface area is 170 Å². The molecule has 1 aromatic carbocycles. The quantitative estimate of drug-likeness (QED) is 0.750. The number of nitrogens with one attached hydrogen (secondary N) is 2. The van der Waals surface area contributed by atoms with E-state index >= 15 is 0 Å². The zero-order valence-corrected chi connectivity index (χ0v) is 16.7. The highest BCUT2D eigenvalue weighted by Crippen LogP contribution is 2.32. The van der Waals surface area contributed by atoms with Crippen LogP contribution in [0, 0.1) is 0 Å². The minimum Gasteiger partial charge on any atom is -0.374 e. The molecule has 1 fully saturated rings. The maximum atomic E-state index is 12.3. The molecule has 154 valence electrons. The summed E-state index contributed by atoms with van der Waals surface area (Å²) in [4.78, 5) is 29.1. The topological polar surface area (TPSA) is 90.7 Å². The van der Waals surface area contributed by atoms with E-state index in [1.807, 2.05) is 0 Å². The summed E-state index contributed by atoms with van der Waals surface area (Å²) in [5.41, 5.74) is 3.82. The average Bonchev–Trinajstić information content (AvgIpc) is 3.38. The molecule has 0 radical (unpaired) electrons. The standard InChI is InChI=1S/C21H27N5O3/c1-25-11-7-16-13-15(5-6-17(16)25)18(26-9-3-2-4-10-26)14-22-20(27)21(28)23-19-8-12-29-24-19/h5-6,8,12-13,18H,2-4,7,9-11,14H2,1H3,(H,22,27)(H,23,24,28). The van der Waals surface area contributed by atoms with Gasteiger partial charge in [0.2, 0.25) is 0 Å². The van der Waals surface area contributed by atoms with Gasteiger partial charge in [0, 0.05) is 31.9 Å². The van der Waals surface area contributed by atoms with Crippen molar-refractivity contribution in [1.82, 2.24) is 15.4 Å². The van der Waals surface area contributed by atoms with Crippen molar-refractivity contribution in [3.05, 3.63) is 41.7 Å². The molecule has 2 N–H and O–H groups in total. The largest absolute Gasteiger partial charge is 0.374 e. The molecule has 8 nitrogen and oxygen atoms in total. The van der Waals surface area contributed by atoms with Crippen LogP contribution in [0.3, 0.4) is 0 Å². The third kappa shape index (κ3) is 4.42. The summed E-state index contributed by atoms with van der Waals surface area (Å²) in [7, 11) is 2.11. The summed E-state index contributed by atoms with van der Waals surface area (Å²) in [6.07, 6.45) is 5.93. The molecule has 2 amide bonds. The third-order valence-corrected chi connectivity index (χ3v) is 5.79. The maximum Gasteiger partial charge on any atom is 0.314 e. The predicted molar refractivity (Wildman–Crippen MR) is 110 cm³/mol. The molecule has 2 aliphatic heterocycles. The molecular weight excluding hydrogens is 370 g/mol. The molecule has 1 saturated heterocycles. The Morgan fingerprint density at radius 2 is 1.97 bits per heavy atom. The first-order chi connectivity index (χ1) is 14.1. The first-order valence-electron chi connectivity index (χ1n) is 10.2. The van der Waals surface area contributed by atoms with Crippen LogP contribution in [0.1, 0.15) is 36.4 Å². The number of likely N-dealkylation sites (tertiary alicyclic amines) is 1. The SMILES string of the molecule is CN1CCc2cc(C(CNC(=O)C(=O)Nc3ccon3)N3CCCCC3)ccc21. The van der Waals surface area contributed by atoms with Gasteiger partial charge in [-0.15, -0.1) is 0 Å². The Morgan fingerprint density at radius 3 is 2.72 bits per heavy atom. The van der Waals surface area contributed by atoms with Crippen molar-refractivity contribution in [2.45, 2.75) is 31.7 Å². The van der Waals surface area contributed by atoms with E-state index in [4.69, 9.17) is 0 Å². The van der Waals surface area contributed by atoms with Crippen molar-refractivity contribution in [1.29, 1.82) is 0 Å². The zero-order chi connectivity index (χ0) is 20.2. The van der Waals surface area contributed by atoms with E-state index in [0.29, 0.717) is 6.54 Å². The number of aromatic nitrogens is 1. The summed E-state index contributed by atoms with van der Waals surface area (Å²) in [6, 6.07) is 8.13. The number of fused-ring (bicyclic) bond motifs is 1. The van der Waals surface area contributed by atoms with Gasteiger partial charge in [0.05, 0.1) is 6.04 Å². The van der Waals surface area contributed by atoms with Crippen LogP contribution in [0.4, 0.5) is 11.5 Å². The van der Waals surface area contributed by atoms with Gasteiger partial charge < -0.3 is 14.7 Å². The van der Waals surface area contributed by atoms with Crippen molar-refractivity contribution in [2.24, 2.45) is 0 Å². The molecule has 29 heavy (non-hydrogen) atoms. The van der Waals surface area contributed by atoms with Crippen LogP contribution in [-0.2, 0) is 16.0 Å². The maximum absolute atomic E-state index is 12.3. The fourth-order valence-corrected chi connectivity index (χ4v) is 4.20. The number of hydrogen-bond donors (Lipinski definition) is 2. The fraction of sp³-hybridized carbons (Fsp3) is 0.476. The van der Waals surface area contributed by atoms with E-state index < -0.39 is 11.8 Å². The Hall–Kier alpha value is -2.87. The predicted octanol–water partition coefficient (Wildman–Crippen LogP) is 1.95. The molecule has 0 spiro atoms. The van der Waals surface area contributed by atoms with E-state index in [-0.39, 0.29) is 11.9 Å². The lowest BCUT2D eigenvalue weighted by molar-refractivity contribution is -0.136. The van der Waals surface area contributed by atoms with Gasteiger partial charge in [0.1, 0.15) is 6.26 Å². The summed E-state index contributed by atoms with van der Waals surface area (Å²) in [5, 5.41) is 8.83. The second kappa shape index (κ2) is 8.65. The van der Waals surface area contributed by atoms with Gasteiger partial charge in [-0.1, -0.05) is 23.7 Å². The minimum atomic E-state index is -0.744. The first-order valence-corrected chi connectivity index (χ1v) is 10.2. The number of likely N-dealkylation sites (N-methyl/N-ethyl adjacent to an activating group) is 1. The molecule has 1 unspecified atom stereocenters. The first kappa shape index (κ1) is 19.4. The molecule has 8 heteroatoms. The highest BCUT2D eigenvalue weighted by Gasteiger charge is 2.26. The average molecular weight is 397 g/mol. The Kier molecular flexibility index (Phi) is 5.80. The Morgan fingerprint density at radius 1 is 1.14 bits per heavy atom. The number of piperidine rings is 1. The van der Waals surface area contributed by atoms with Crippen LogP contribution in [0.15, 0.2) is 35.1 Å². The van der Waals surface area contributed by atoms with E-state index in [2.05, 4.69) is 55.4 Å². The number of carbonyl (C=O) groups excluding carboxylic acids is 2. The van der Waals surface area contributed by atoms with Gasteiger partial charge in [0.15, 0.2) is 5.82 Å². The van der Waals surface area contributed by atoms with E-state index in [0.717, 1.165) is 38.9 Å². The number of benzene rings is 1. The molecule has 3 heterocycles. The molecule has 0 saturated carbocycles. The van der Waals surface area contributed by atoms with Gasteiger partial charge in [0.25, 0.3) is 0 Å². The van der Waals surface area contributed by atoms with Crippen molar-refractivity contribution >= 4 is 23.3 Å². The van der Waals surface area contributed by atoms with E-state index in [9.17, 15) is 9.59 Å². The van der Waals surface area contributed by atoms with Gasteiger partial charge >= 0.3 is 11.8 Å². The van der Waals surface area contributed by atoms with E-state index in [1.165, 1.54) is 35.6 Å². The summed E-state index contributed by atoms with van der Waals surface area (Å²) < 4.78 is 4.67. The molecule has 0 bridgehead atoms. The van der Waals surface area contributed by atoms with Crippen LogP contribution in [-0.4, -0.2) is 55.1 Å². The molecule has 4 rings (SSSR count). The number of hydrogen-bond acceptors (Lipinski definition) is 6. The van der Waals surface area contributed by atoms with Crippen molar-refractivity contribution in [3.8, 4) is 0 Å². The van der Waals surface area contributed by atoms with Crippen molar-refractivity contribution in [3.63, 3.8) is 0 Å². The minimum absolute atomic E-state index is 0.0512. The number of rotatable bonds is 5. The number of amides is 2. The highest BCUT2D eigenvalue weighted by atomic mass is 16.5. The van der Waals surface area contributed by atoms with Crippen LogP contribution in [0.5, 0.6) is 0 Å². The molecule has 2 aromatic rings. The Balaban J connectivity index is 1.46. The zero-order valence-electron chi connectivity index (χ0n) is 16.7. The van der Waals surface area contributed by atoms with Gasteiger partial charge in [-0.2, -0.15) is 0 Å². The van der Waals surface area contributed by atoms with Crippen LogP contribution in [0.25, 0.3) is 0 Å². The van der Waals surface area contributed by atoms with Gasteiger partial charge in [-0.25, -0.2) is 0 Å². The van der Waals surface area contributed by atoms with Crippen molar-refractivity contribution in [2.75, 3.05) is 43.4 Å². The van der Waals surface area contributed by atoms with Crippen LogP contribution >= 0.6 is 0 Å². The second-order valence-electron chi connectivity index (χ2n) is 7.72. The van der Waals surface area contributed by atoms with Gasteiger partial charge in [-0.05, 0) is 49.5 Å². The van der Waals surface area contributed by atoms with Crippen LogP contribution in [0.2, 0.25) is 0 Å². The number of anilines is 2. The summed E-state index contributed by atoms with van der Waals surface area (Å²) in [6.45, 7) is 3.43. The number of carbonyl (C=O) groups is 2. The monoisotopic (exact) mass is 397 g/mol. The lowest BCUT2D eigenvalue weighted by atomic mass is 9.98. The third-order valence-electron chi connectivity index (χ3n) is 5.79.